The summed E-state index contributed by atoms with van der Waals surface area (Å²) in [7, 11) is 1.63. The lowest BCUT2D eigenvalue weighted by atomic mass is 10.1. The van der Waals surface area contributed by atoms with Crippen molar-refractivity contribution in [2.24, 2.45) is 0 Å². The van der Waals surface area contributed by atoms with Crippen LogP contribution in [0.3, 0.4) is 0 Å². The first-order valence-electron chi connectivity index (χ1n) is 7.30. The lowest BCUT2D eigenvalue weighted by molar-refractivity contribution is -0.119. The van der Waals surface area contributed by atoms with E-state index in [0.717, 1.165) is 28.1 Å². The first kappa shape index (κ1) is 15.9. The summed E-state index contributed by atoms with van der Waals surface area (Å²) in [6.45, 7) is 4.81. The quantitative estimate of drug-likeness (QED) is 0.862. The van der Waals surface area contributed by atoms with E-state index in [1.54, 1.807) is 7.11 Å². The number of carbonyl (C=O) groups excluding carboxylic acids is 1. The van der Waals surface area contributed by atoms with E-state index in [4.69, 9.17) is 4.74 Å². The Kier molecular flexibility index (Phi) is 5.42. The molecular weight excluding hydrogens is 276 g/mol. The number of aryl methyl sites for hydroxylation is 2. The summed E-state index contributed by atoms with van der Waals surface area (Å²) in [6.07, 6.45) is 0. The molecule has 0 unspecified atom stereocenters. The maximum atomic E-state index is 12.0. The molecule has 2 rings (SSSR count). The van der Waals surface area contributed by atoms with Gasteiger partial charge in [0, 0.05) is 12.2 Å². The third kappa shape index (κ3) is 4.25. The Morgan fingerprint density at radius 3 is 2.45 bits per heavy atom. The van der Waals surface area contributed by atoms with E-state index in [9.17, 15) is 4.79 Å². The zero-order valence-electron chi connectivity index (χ0n) is 13.3. The zero-order chi connectivity index (χ0) is 15.9. The van der Waals surface area contributed by atoms with Crippen LogP contribution < -0.4 is 15.4 Å². The predicted octanol–water partition coefficient (Wildman–Crippen LogP) is 3.04. The molecule has 22 heavy (non-hydrogen) atoms. The van der Waals surface area contributed by atoms with Crippen LogP contribution in [-0.2, 0) is 11.3 Å². The number of para-hydroxylation sites is 1. The monoisotopic (exact) mass is 298 g/mol. The van der Waals surface area contributed by atoms with Gasteiger partial charge < -0.3 is 15.4 Å². The minimum atomic E-state index is -0.0366. The number of rotatable bonds is 6. The molecule has 0 saturated heterocycles. The number of hydrogen-bond donors (Lipinski definition) is 2. The van der Waals surface area contributed by atoms with Crippen LogP contribution >= 0.6 is 0 Å². The molecule has 4 nitrogen and oxygen atoms in total. The van der Waals surface area contributed by atoms with Crippen molar-refractivity contribution < 1.29 is 9.53 Å². The molecule has 0 atom stereocenters. The maximum Gasteiger partial charge on any atom is 0.239 e. The van der Waals surface area contributed by atoms with Gasteiger partial charge in [-0.25, -0.2) is 0 Å². The van der Waals surface area contributed by atoms with Crippen LogP contribution in [0.2, 0.25) is 0 Å². The molecule has 0 saturated carbocycles. The van der Waals surface area contributed by atoms with Crippen LogP contribution in [0.25, 0.3) is 0 Å². The van der Waals surface area contributed by atoms with Crippen molar-refractivity contribution >= 4 is 11.6 Å². The molecule has 2 aromatic rings. The second-order valence-electron chi connectivity index (χ2n) is 5.25. The molecule has 2 aromatic carbocycles. The molecule has 0 aliphatic carbocycles. The fourth-order valence-corrected chi connectivity index (χ4v) is 2.31. The number of carbonyl (C=O) groups is 1. The summed E-state index contributed by atoms with van der Waals surface area (Å²) in [6, 6.07) is 13.7. The van der Waals surface area contributed by atoms with Gasteiger partial charge in [0.25, 0.3) is 0 Å². The molecule has 0 heterocycles. The first-order valence-corrected chi connectivity index (χ1v) is 7.30. The van der Waals surface area contributed by atoms with Gasteiger partial charge in [-0.3, -0.25) is 4.79 Å². The summed E-state index contributed by atoms with van der Waals surface area (Å²) in [5, 5.41) is 6.11. The Morgan fingerprint density at radius 2 is 1.77 bits per heavy atom. The minimum Gasteiger partial charge on any atom is -0.497 e. The lowest BCUT2D eigenvalue weighted by Gasteiger charge is -2.12. The lowest BCUT2D eigenvalue weighted by Crippen LogP contribution is -2.29. The van der Waals surface area contributed by atoms with Crippen LogP contribution in [0.5, 0.6) is 5.75 Å². The zero-order valence-corrected chi connectivity index (χ0v) is 13.3. The van der Waals surface area contributed by atoms with E-state index in [2.05, 4.69) is 10.6 Å². The molecule has 0 bridgehead atoms. The average Bonchev–Trinajstić information content (AvgIpc) is 2.52. The summed E-state index contributed by atoms with van der Waals surface area (Å²) >= 11 is 0. The molecule has 116 valence electrons. The Morgan fingerprint density at radius 1 is 1.09 bits per heavy atom. The Balaban J connectivity index is 1.85. The highest BCUT2D eigenvalue weighted by Gasteiger charge is 2.05. The van der Waals surface area contributed by atoms with E-state index in [0.29, 0.717) is 6.54 Å². The Bertz CT molecular complexity index is 633. The highest BCUT2D eigenvalue weighted by molar-refractivity contribution is 5.81. The van der Waals surface area contributed by atoms with E-state index in [-0.39, 0.29) is 12.5 Å². The van der Waals surface area contributed by atoms with Crippen molar-refractivity contribution in [2.45, 2.75) is 20.4 Å². The number of hydrogen-bond acceptors (Lipinski definition) is 3. The Hall–Kier alpha value is -2.49. The highest BCUT2D eigenvalue weighted by Crippen LogP contribution is 2.18. The van der Waals surface area contributed by atoms with Gasteiger partial charge in [-0.1, -0.05) is 30.3 Å². The summed E-state index contributed by atoms with van der Waals surface area (Å²) < 4.78 is 5.17. The topological polar surface area (TPSA) is 50.4 Å². The van der Waals surface area contributed by atoms with Crippen molar-refractivity contribution in [2.75, 3.05) is 19.0 Å². The van der Waals surface area contributed by atoms with Crippen LogP contribution in [0.15, 0.2) is 42.5 Å². The summed E-state index contributed by atoms with van der Waals surface area (Å²) in [5.41, 5.74) is 4.32. The van der Waals surface area contributed by atoms with Crippen molar-refractivity contribution in [1.82, 2.24) is 5.32 Å². The van der Waals surface area contributed by atoms with Crippen LogP contribution in [0.1, 0.15) is 16.7 Å². The molecule has 0 aliphatic rings. The van der Waals surface area contributed by atoms with Crippen LogP contribution in [0.4, 0.5) is 5.69 Å². The van der Waals surface area contributed by atoms with Gasteiger partial charge in [0.1, 0.15) is 5.75 Å². The number of methoxy groups -OCH3 is 1. The van der Waals surface area contributed by atoms with E-state index in [1.165, 1.54) is 0 Å². The number of amides is 1. The highest BCUT2D eigenvalue weighted by atomic mass is 16.5. The third-order valence-electron chi connectivity index (χ3n) is 3.53. The Labute approximate surface area is 131 Å². The molecule has 2 N–H and O–H groups in total. The van der Waals surface area contributed by atoms with Gasteiger partial charge in [-0.15, -0.1) is 0 Å². The van der Waals surface area contributed by atoms with Gasteiger partial charge in [0.2, 0.25) is 5.91 Å². The van der Waals surface area contributed by atoms with Gasteiger partial charge >= 0.3 is 0 Å². The van der Waals surface area contributed by atoms with E-state index < -0.39 is 0 Å². The van der Waals surface area contributed by atoms with Crippen molar-refractivity contribution in [3.63, 3.8) is 0 Å². The van der Waals surface area contributed by atoms with Gasteiger partial charge in [0.15, 0.2) is 0 Å². The third-order valence-corrected chi connectivity index (χ3v) is 3.53. The molecule has 4 heteroatoms. The van der Waals surface area contributed by atoms with E-state index >= 15 is 0 Å². The minimum absolute atomic E-state index is 0.0366. The fraction of sp³-hybridized carbons (Fsp3) is 0.278. The summed E-state index contributed by atoms with van der Waals surface area (Å²) in [5.74, 6) is 0.755. The smallest absolute Gasteiger partial charge is 0.239 e. The molecular formula is C18H22N2O2. The molecule has 0 radical (unpaired) electrons. The van der Waals surface area contributed by atoms with Crippen molar-refractivity contribution in [3.8, 4) is 5.75 Å². The standard InChI is InChI=1S/C18H22N2O2/c1-13-6-4-7-14(2)18(13)20-12-17(21)19-11-15-8-5-9-16(10-15)22-3/h4-10,20H,11-12H2,1-3H3,(H,19,21). The number of anilines is 1. The summed E-state index contributed by atoms with van der Waals surface area (Å²) in [4.78, 5) is 12.0. The number of nitrogens with one attached hydrogen (secondary N) is 2. The van der Waals surface area contributed by atoms with Crippen molar-refractivity contribution in [3.05, 3.63) is 59.2 Å². The fourth-order valence-electron chi connectivity index (χ4n) is 2.31. The molecule has 0 aromatic heterocycles. The van der Waals surface area contributed by atoms with Gasteiger partial charge in [-0.2, -0.15) is 0 Å². The predicted molar refractivity (Wildman–Crippen MR) is 89.2 cm³/mol. The van der Waals surface area contributed by atoms with Gasteiger partial charge in [-0.05, 0) is 42.7 Å². The molecule has 0 aliphatic heterocycles. The normalized spacial score (nSPS) is 10.1. The number of benzene rings is 2. The average molecular weight is 298 g/mol. The SMILES string of the molecule is COc1cccc(CNC(=O)CNc2c(C)cccc2C)c1. The van der Waals surface area contributed by atoms with Gasteiger partial charge in [0.05, 0.1) is 13.7 Å². The van der Waals surface area contributed by atoms with Crippen LogP contribution in [0, 0.1) is 13.8 Å². The maximum absolute atomic E-state index is 12.0. The first-order chi connectivity index (χ1) is 10.6. The second kappa shape index (κ2) is 7.50. The largest absolute Gasteiger partial charge is 0.497 e. The van der Waals surface area contributed by atoms with Crippen molar-refractivity contribution in [1.29, 1.82) is 0 Å². The van der Waals surface area contributed by atoms with E-state index in [1.807, 2.05) is 56.3 Å². The number of ether oxygens (including phenoxy) is 1. The molecule has 0 spiro atoms. The second-order valence-corrected chi connectivity index (χ2v) is 5.25. The van der Waals surface area contributed by atoms with Crippen LogP contribution in [-0.4, -0.2) is 19.6 Å². The molecule has 1 amide bonds. The molecule has 0 fully saturated rings.